The van der Waals surface area contributed by atoms with Gasteiger partial charge in [-0.3, -0.25) is 14.4 Å². The summed E-state index contributed by atoms with van der Waals surface area (Å²) in [5.41, 5.74) is 2.94. The lowest BCUT2D eigenvalue weighted by Crippen LogP contribution is -2.36. The van der Waals surface area contributed by atoms with E-state index in [9.17, 15) is 19.2 Å². The largest absolute Gasteiger partial charge is 0.493 e. The fraction of sp³-hybridized carbons (Fsp3) is 0.457. The van der Waals surface area contributed by atoms with Crippen LogP contribution in [0.5, 0.6) is 17.2 Å². The van der Waals surface area contributed by atoms with E-state index in [1.54, 1.807) is 38.1 Å². The number of anilines is 2. The van der Waals surface area contributed by atoms with Crippen LogP contribution in [0.4, 0.5) is 10.8 Å². The minimum atomic E-state index is -0.807. The van der Waals surface area contributed by atoms with Crippen molar-refractivity contribution < 1.29 is 33.3 Å². The molecule has 0 fully saturated rings. The van der Waals surface area contributed by atoms with E-state index in [1.807, 2.05) is 26.2 Å². The van der Waals surface area contributed by atoms with Gasteiger partial charge in [0.1, 0.15) is 6.04 Å². The first-order valence-electron chi connectivity index (χ1n) is 15.9. The lowest BCUT2D eigenvalue weighted by atomic mass is 9.95. The molecule has 1 aliphatic rings. The Balaban J connectivity index is 1.79. The molecule has 14 heteroatoms. The number of carbonyl (C=O) groups excluding carboxylic acids is 3. The van der Waals surface area contributed by atoms with Crippen molar-refractivity contribution in [2.75, 3.05) is 51.1 Å². The zero-order valence-electron chi connectivity index (χ0n) is 29.1. The van der Waals surface area contributed by atoms with Gasteiger partial charge in [0.05, 0.1) is 40.2 Å². The highest BCUT2D eigenvalue weighted by molar-refractivity contribution is 7.98. The number of nitrogens with zero attached hydrogens (tertiary/aromatic N) is 1. The van der Waals surface area contributed by atoms with E-state index in [0.29, 0.717) is 59.8 Å². The summed E-state index contributed by atoms with van der Waals surface area (Å²) in [6.45, 7) is 5.50. The molecule has 0 saturated carbocycles. The Bertz CT molecular complexity index is 1760. The molecule has 0 unspecified atom stereocenters. The highest BCUT2D eigenvalue weighted by Crippen LogP contribution is 2.50. The number of carbonyl (C=O) groups is 3. The number of ether oxygens (including phenoxy) is 4. The van der Waals surface area contributed by atoms with E-state index in [1.165, 1.54) is 38.5 Å². The van der Waals surface area contributed by atoms with Crippen LogP contribution in [-0.2, 0) is 27.2 Å². The monoisotopic (exact) mass is 712 g/mol. The van der Waals surface area contributed by atoms with Crippen molar-refractivity contribution in [3.8, 4) is 28.4 Å². The van der Waals surface area contributed by atoms with Gasteiger partial charge in [0.25, 0.3) is 0 Å². The lowest BCUT2D eigenvalue weighted by molar-refractivity contribution is -0.120. The summed E-state index contributed by atoms with van der Waals surface area (Å²) in [5, 5.41) is 9.31. The summed E-state index contributed by atoms with van der Waals surface area (Å²) in [6.07, 6.45) is 4.03. The van der Waals surface area contributed by atoms with E-state index in [2.05, 4.69) is 20.9 Å². The van der Waals surface area contributed by atoms with Gasteiger partial charge in [-0.05, 0) is 78.5 Å². The summed E-state index contributed by atoms with van der Waals surface area (Å²) in [5.74, 6) is 1.04. The fourth-order valence-electron chi connectivity index (χ4n) is 5.88. The molecule has 49 heavy (non-hydrogen) atoms. The third kappa shape index (κ3) is 8.66. The Morgan fingerprint density at radius 2 is 1.80 bits per heavy atom. The van der Waals surface area contributed by atoms with Gasteiger partial charge in [0.15, 0.2) is 22.3 Å². The zero-order valence-corrected chi connectivity index (χ0v) is 30.7. The van der Waals surface area contributed by atoms with E-state index < -0.39 is 24.0 Å². The van der Waals surface area contributed by atoms with Crippen molar-refractivity contribution >= 4 is 51.7 Å². The molecular weight excluding hydrogens is 669 g/mol. The van der Waals surface area contributed by atoms with E-state index in [-0.39, 0.29) is 33.8 Å². The molecule has 0 radical (unpaired) electrons. The van der Waals surface area contributed by atoms with Crippen molar-refractivity contribution in [2.45, 2.75) is 58.5 Å². The van der Waals surface area contributed by atoms with Crippen LogP contribution in [0, 0.1) is 5.92 Å². The highest BCUT2D eigenvalue weighted by atomic mass is 32.2. The maximum absolute atomic E-state index is 13.9. The first kappa shape index (κ1) is 37.5. The second kappa shape index (κ2) is 16.9. The van der Waals surface area contributed by atoms with Crippen LogP contribution >= 0.6 is 23.1 Å². The Kier molecular flexibility index (Phi) is 12.9. The number of rotatable bonds is 14. The number of hydrogen-bond acceptors (Lipinski definition) is 12. The number of aryl methyl sites for hydroxylation is 1. The summed E-state index contributed by atoms with van der Waals surface area (Å²) in [7, 11) is 5.92. The Morgan fingerprint density at radius 1 is 1.06 bits per heavy atom. The lowest BCUT2D eigenvalue weighted by Gasteiger charge is -2.19. The van der Waals surface area contributed by atoms with Gasteiger partial charge in [0.2, 0.25) is 23.0 Å². The van der Waals surface area contributed by atoms with Crippen LogP contribution in [-0.4, -0.2) is 69.3 Å². The third-order valence-electron chi connectivity index (χ3n) is 8.07. The predicted molar refractivity (Wildman–Crippen MR) is 194 cm³/mol. The van der Waals surface area contributed by atoms with Crippen LogP contribution < -0.4 is 35.6 Å². The maximum Gasteiger partial charge on any atom is 0.357 e. The summed E-state index contributed by atoms with van der Waals surface area (Å²) >= 11 is 2.80. The molecule has 2 aromatic carbocycles. The van der Waals surface area contributed by atoms with Gasteiger partial charge in [0, 0.05) is 17.4 Å². The second-order valence-electron chi connectivity index (χ2n) is 11.9. The zero-order chi connectivity index (χ0) is 35.8. The number of amides is 2. The molecule has 3 N–H and O–H groups in total. The van der Waals surface area contributed by atoms with Gasteiger partial charge < -0.3 is 34.9 Å². The summed E-state index contributed by atoms with van der Waals surface area (Å²) in [6, 6.07) is 5.57. The SMILES string of the molecule is COC(=O)c1nc(NC(=O)[C@@H](CCSC)Nc2ccc3c(cc2=O)[C@H](NC(C)=O)CCc2cc(OC)c(OC)c(OC)c2-3)sc1CC(C)C. The molecule has 1 heterocycles. The number of aromatic nitrogens is 1. The number of fused-ring (bicyclic) bond motifs is 3. The van der Waals surface area contributed by atoms with E-state index in [0.717, 1.165) is 16.0 Å². The maximum atomic E-state index is 13.9. The normalized spacial score (nSPS) is 14.1. The van der Waals surface area contributed by atoms with Crippen LogP contribution in [0.1, 0.15) is 66.1 Å². The smallest absolute Gasteiger partial charge is 0.357 e. The molecular formula is C35H44N4O8S2. The summed E-state index contributed by atoms with van der Waals surface area (Å²) < 4.78 is 22.1. The summed E-state index contributed by atoms with van der Waals surface area (Å²) in [4.78, 5) is 57.5. The third-order valence-corrected chi connectivity index (χ3v) is 9.71. The van der Waals surface area contributed by atoms with E-state index >= 15 is 0 Å². The second-order valence-corrected chi connectivity index (χ2v) is 14.0. The van der Waals surface area contributed by atoms with Crippen LogP contribution in [0.15, 0.2) is 29.1 Å². The van der Waals surface area contributed by atoms with Gasteiger partial charge in [-0.2, -0.15) is 11.8 Å². The van der Waals surface area contributed by atoms with Crippen molar-refractivity contribution in [1.29, 1.82) is 0 Å². The van der Waals surface area contributed by atoms with Crippen LogP contribution in [0.3, 0.4) is 0 Å². The fourth-order valence-corrected chi connectivity index (χ4v) is 7.52. The van der Waals surface area contributed by atoms with Gasteiger partial charge in [-0.25, -0.2) is 9.78 Å². The van der Waals surface area contributed by atoms with Crippen molar-refractivity contribution in [2.24, 2.45) is 5.92 Å². The van der Waals surface area contributed by atoms with Crippen LogP contribution in [0.25, 0.3) is 11.1 Å². The number of esters is 1. The van der Waals surface area contributed by atoms with Crippen molar-refractivity contribution in [3.05, 3.63) is 56.2 Å². The van der Waals surface area contributed by atoms with E-state index in [4.69, 9.17) is 18.9 Å². The predicted octanol–water partition coefficient (Wildman–Crippen LogP) is 5.48. The topological polar surface area (TPSA) is 154 Å². The minimum Gasteiger partial charge on any atom is -0.493 e. The van der Waals surface area contributed by atoms with Crippen molar-refractivity contribution in [1.82, 2.24) is 10.3 Å². The standard InChI is InChI=1S/C35H44N4O8S2/c1-18(2)15-28-30(34(43)47-7)38-35(49-28)39-33(42)25(13-14-48-8)37-24-12-10-21-22(17-26(24)41)23(36-19(3)40)11-9-20-16-27(44-4)31(45-5)32(46-6)29(20)21/h10,12,16-18,23,25H,9,11,13-15H2,1-8H3,(H,36,40)(H,37,41)(H,38,39,42)/t23-,25-/m1/s1. The Hall–Kier alpha value is -4.30. The number of methoxy groups -OCH3 is 4. The first-order valence-corrected chi connectivity index (χ1v) is 18.1. The first-order chi connectivity index (χ1) is 23.4. The molecule has 1 aliphatic carbocycles. The molecule has 1 aromatic heterocycles. The Labute approximate surface area is 294 Å². The molecule has 0 spiro atoms. The van der Waals surface area contributed by atoms with Crippen LogP contribution in [0.2, 0.25) is 0 Å². The average molecular weight is 713 g/mol. The van der Waals surface area contributed by atoms with Gasteiger partial charge >= 0.3 is 5.97 Å². The highest BCUT2D eigenvalue weighted by Gasteiger charge is 2.30. The number of nitrogens with one attached hydrogen (secondary N) is 3. The number of hydrogen-bond donors (Lipinski definition) is 3. The average Bonchev–Trinajstić information content (AvgIpc) is 3.30. The number of thiazole rings is 1. The molecule has 4 rings (SSSR count). The minimum absolute atomic E-state index is 0.183. The van der Waals surface area contributed by atoms with Gasteiger partial charge in [-0.1, -0.05) is 19.9 Å². The Morgan fingerprint density at radius 3 is 2.41 bits per heavy atom. The molecule has 264 valence electrons. The quantitative estimate of drug-likeness (QED) is 0.182. The molecule has 0 aliphatic heterocycles. The molecule has 0 bridgehead atoms. The molecule has 2 atom stereocenters. The van der Waals surface area contributed by atoms with Crippen molar-refractivity contribution in [3.63, 3.8) is 0 Å². The van der Waals surface area contributed by atoms with Gasteiger partial charge in [-0.15, -0.1) is 11.3 Å². The molecule has 2 amide bonds. The molecule has 0 saturated heterocycles. The number of thioether (sulfide) groups is 1. The number of benzene rings is 1. The molecule has 12 nitrogen and oxygen atoms in total. The molecule has 3 aromatic rings.